The van der Waals surface area contributed by atoms with Crippen LogP contribution in [-0.4, -0.2) is 28.5 Å². The minimum atomic E-state index is -0.137. The maximum absolute atomic E-state index is 11.5. The molecule has 1 amide bonds. The van der Waals surface area contributed by atoms with Gasteiger partial charge in [0.15, 0.2) is 11.0 Å². The normalized spacial score (nSPS) is 21.1. The van der Waals surface area contributed by atoms with Gasteiger partial charge in [0.2, 0.25) is 5.91 Å². The molecule has 0 radical (unpaired) electrons. The highest BCUT2D eigenvalue weighted by atomic mass is 79.9. The number of nitrogens with two attached hydrogens (primary N) is 1. The van der Waals surface area contributed by atoms with Crippen LogP contribution in [0.25, 0.3) is 0 Å². The van der Waals surface area contributed by atoms with E-state index in [1.165, 1.54) is 11.1 Å². The third kappa shape index (κ3) is 2.11. The zero-order chi connectivity index (χ0) is 11.0. The first-order valence-electron chi connectivity index (χ1n) is 4.32. The number of hydrogen-bond donors (Lipinski definition) is 1. The molecule has 0 aromatic carbocycles. The number of nitrogens with zero attached hydrogens (tertiary/aromatic N) is 3. The second-order valence-corrected chi connectivity index (χ2v) is 4.39. The molecule has 1 fully saturated rings. The second kappa shape index (κ2) is 4.03. The minimum Gasteiger partial charge on any atom is -0.326 e. The summed E-state index contributed by atoms with van der Waals surface area (Å²) in [6, 6.07) is -0.137. The van der Waals surface area contributed by atoms with E-state index in [1.807, 2.05) is 0 Å². The lowest BCUT2D eigenvalue weighted by Crippen LogP contribution is -2.28. The van der Waals surface area contributed by atoms with Crippen LogP contribution < -0.4 is 10.6 Å². The number of carbonyl (C=O) groups is 1. The average Bonchev–Trinajstić information content (AvgIpc) is 2.50. The summed E-state index contributed by atoms with van der Waals surface area (Å²) in [7, 11) is 0. The molecule has 1 unspecified atom stereocenters. The van der Waals surface area contributed by atoms with Crippen molar-refractivity contribution in [2.24, 2.45) is 5.73 Å². The number of amides is 1. The average molecular weight is 292 g/mol. The zero-order valence-corrected chi connectivity index (χ0v) is 9.99. The predicted molar refractivity (Wildman–Crippen MR) is 59.7 cm³/mol. The molecule has 1 aliphatic rings. The Balaban J connectivity index is 2.30. The summed E-state index contributed by atoms with van der Waals surface area (Å²) >= 11 is 8.92. The van der Waals surface area contributed by atoms with Crippen molar-refractivity contribution in [2.45, 2.75) is 12.5 Å². The smallest absolute Gasteiger partial charge is 0.229 e. The Morgan fingerprint density at radius 2 is 2.40 bits per heavy atom. The molecule has 1 aromatic heterocycles. The second-order valence-electron chi connectivity index (χ2n) is 3.28. The Kier molecular flexibility index (Phi) is 2.90. The van der Waals surface area contributed by atoms with E-state index < -0.39 is 0 Å². The highest BCUT2D eigenvalue weighted by Gasteiger charge is 2.29. The van der Waals surface area contributed by atoms with E-state index in [1.54, 1.807) is 0 Å². The standard InChI is InChI=1S/C8H8BrClN4O/c9-7-8(10)13-5(2-12-7)14-3-4(11)1-6(14)15/h2,4H,1,3,11H2. The number of halogens is 2. The lowest BCUT2D eigenvalue weighted by Gasteiger charge is -2.14. The Morgan fingerprint density at radius 1 is 1.67 bits per heavy atom. The van der Waals surface area contributed by atoms with Crippen molar-refractivity contribution in [3.05, 3.63) is 16.0 Å². The fourth-order valence-electron chi connectivity index (χ4n) is 1.43. The van der Waals surface area contributed by atoms with Crippen molar-refractivity contribution in [2.75, 3.05) is 11.4 Å². The molecule has 1 aromatic rings. The van der Waals surface area contributed by atoms with E-state index in [0.717, 1.165) is 0 Å². The maximum atomic E-state index is 11.5. The molecule has 2 N–H and O–H groups in total. The summed E-state index contributed by atoms with van der Waals surface area (Å²) in [5.74, 6) is 0.399. The van der Waals surface area contributed by atoms with Crippen molar-refractivity contribution >= 4 is 39.3 Å². The third-order valence-corrected chi connectivity index (χ3v) is 3.18. The SMILES string of the molecule is NC1CC(=O)N(c2cnc(Br)c(Cl)n2)C1. The van der Waals surface area contributed by atoms with Crippen LogP contribution in [0.4, 0.5) is 5.82 Å². The largest absolute Gasteiger partial charge is 0.326 e. The van der Waals surface area contributed by atoms with Crippen molar-refractivity contribution in [1.82, 2.24) is 9.97 Å². The Hall–Kier alpha value is -0.720. The third-order valence-electron chi connectivity index (χ3n) is 2.11. The van der Waals surface area contributed by atoms with Gasteiger partial charge in [0, 0.05) is 19.0 Å². The first-order chi connectivity index (χ1) is 7.08. The van der Waals surface area contributed by atoms with Crippen molar-refractivity contribution in [1.29, 1.82) is 0 Å². The minimum absolute atomic E-state index is 0.0461. The van der Waals surface area contributed by atoms with E-state index in [2.05, 4.69) is 25.9 Å². The first kappa shape index (κ1) is 10.8. The number of hydrogen-bond acceptors (Lipinski definition) is 4. The van der Waals surface area contributed by atoms with Gasteiger partial charge in [0.05, 0.1) is 6.20 Å². The number of carbonyl (C=O) groups excluding carboxylic acids is 1. The van der Waals surface area contributed by atoms with Crippen LogP contribution in [0.5, 0.6) is 0 Å². The van der Waals surface area contributed by atoms with Crippen LogP contribution in [0.2, 0.25) is 5.15 Å². The van der Waals surface area contributed by atoms with Crippen LogP contribution in [0.1, 0.15) is 6.42 Å². The van der Waals surface area contributed by atoms with Gasteiger partial charge in [-0.2, -0.15) is 0 Å². The molecule has 2 heterocycles. The highest BCUT2D eigenvalue weighted by Crippen LogP contribution is 2.23. The van der Waals surface area contributed by atoms with E-state index in [9.17, 15) is 4.79 Å². The molecule has 0 bridgehead atoms. The lowest BCUT2D eigenvalue weighted by atomic mass is 10.3. The van der Waals surface area contributed by atoms with Crippen LogP contribution in [0, 0.1) is 0 Å². The summed E-state index contributed by atoms with van der Waals surface area (Å²) in [5, 5.41) is 0.237. The molecule has 0 saturated carbocycles. The summed E-state index contributed by atoms with van der Waals surface area (Å²) < 4.78 is 0.462. The molecule has 1 saturated heterocycles. The van der Waals surface area contributed by atoms with Gasteiger partial charge < -0.3 is 5.73 Å². The summed E-state index contributed by atoms with van der Waals surface area (Å²) in [6.07, 6.45) is 1.83. The van der Waals surface area contributed by atoms with Crippen LogP contribution in [-0.2, 0) is 4.79 Å². The first-order valence-corrected chi connectivity index (χ1v) is 5.49. The van der Waals surface area contributed by atoms with E-state index in [4.69, 9.17) is 17.3 Å². The topological polar surface area (TPSA) is 72.1 Å². The van der Waals surface area contributed by atoms with Crippen LogP contribution in [0.15, 0.2) is 10.8 Å². The number of rotatable bonds is 1. The Morgan fingerprint density at radius 3 is 2.93 bits per heavy atom. The molecule has 80 valence electrons. The molecule has 7 heteroatoms. The monoisotopic (exact) mass is 290 g/mol. The Bertz CT molecular complexity index is 414. The number of aromatic nitrogens is 2. The van der Waals surface area contributed by atoms with Crippen molar-refractivity contribution < 1.29 is 4.79 Å². The van der Waals surface area contributed by atoms with Gasteiger partial charge in [-0.3, -0.25) is 9.69 Å². The van der Waals surface area contributed by atoms with Gasteiger partial charge in [-0.25, -0.2) is 9.97 Å². The zero-order valence-electron chi connectivity index (χ0n) is 7.65. The van der Waals surface area contributed by atoms with Crippen LogP contribution in [0.3, 0.4) is 0 Å². The van der Waals surface area contributed by atoms with Gasteiger partial charge >= 0.3 is 0 Å². The van der Waals surface area contributed by atoms with Gasteiger partial charge in [0.25, 0.3) is 0 Å². The van der Waals surface area contributed by atoms with Gasteiger partial charge in [-0.05, 0) is 15.9 Å². The van der Waals surface area contributed by atoms with Crippen molar-refractivity contribution in [3.63, 3.8) is 0 Å². The summed E-state index contributed by atoms with van der Waals surface area (Å²) in [6.45, 7) is 0.464. The number of anilines is 1. The highest BCUT2D eigenvalue weighted by molar-refractivity contribution is 9.10. The maximum Gasteiger partial charge on any atom is 0.229 e. The van der Waals surface area contributed by atoms with E-state index >= 15 is 0 Å². The molecular weight excluding hydrogens is 283 g/mol. The van der Waals surface area contributed by atoms with E-state index in [0.29, 0.717) is 23.4 Å². The van der Waals surface area contributed by atoms with Crippen LogP contribution >= 0.6 is 27.5 Å². The van der Waals surface area contributed by atoms with Gasteiger partial charge in [-0.15, -0.1) is 0 Å². The molecule has 1 aliphatic heterocycles. The van der Waals surface area contributed by atoms with Gasteiger partial charge in [0.1, 0.15) is 4.60 Å². The lowest BCUT2D eigenvalue weighted by molar-refractivity contribution is -0.117. The Labute approximate surface area is 99.8 Å². The summed E-state index contributed by atoms with van der Waals surface area (Å²) in [4.78, 5) is 21.0. The molecular formula is C8H8BrClN4O. The molecule has 0 aliphatic carbocycles. The quantitative estimate of drug-likeness (QED) is 0.836. The summed E-state index contributed by atoms with van der Waals surface area (Å²) in [5.41, 5.74) is 5.67. The molecule has 15 heavy (non-hydrogen) atoms. The van der Waals surface area contributed by atoms with Gasteiger partial charge in [-0.1, -0.05) is 11.6 Å². The molecule has 1 atom stereocenters. The molecule has 5 nitrogen and oxygen atoms in total. The molecule has 0 spiro atoms. The fraction of sp³-hybridized carbons (Fsp3) is 0.375. The van der Waals surface area contributed by atoms with E-state index in [-0.39, 0.29) is 17.1 Å². The fourth-order valence-corrected chi connectivity index (χ4v) is 1.76. The predicted octanol–water partition coefficient (Wildman–Crippen LogP) is 0.956. The molecule has 2 rings (SSSR count). The van der Waals surface area contributed by atoms with Crippen molar-refractivity contribution in [3.8, 4) is 0 Å².